The number of hydrogen-bond acceptors (Lipinski definition) is 5. The first-order valence-electron chi connectivity index (χ1n) is 11.4. The molecular weight excluding hydrogens is 521 g/mol. The molecule has 1 heterocycles. The average molecular weight is 545 g/mol. The van der Waals surface area contributed by atoms with Crippen LogP contribution in [-0.4, -0.2) is 31.4 Å². The van der Waals surface area contributed by atoms with Gasteiger partial charge in [0.05, 0.1) is 5.02 Å². The summed E-state index contributed by atoms with van der Waals surface area (Å²) in [5.41, 5.74) is -2.88. The third-order valence-electron chi connectivity index (χ3n) is 6.20. The van der Waals surface area contributed by atoms with Crippen LogP contribution in [-0.2, 0) is 14.8 Å². The summed E-state index contributed by atoms with van der Waals surface area (Å²) in [4.78, 5) is 27.3. The molecule has 2 aliphatic carbocycles. The van der Waals surface area contributed by atoms with Crippen LogP contribution in [0.25, 0.3) is 5.57 Å². The molecular formula is C24H24ClF3N2O5S. The quantitative estimate of drug-likeness (QED) is 0.493. The van der Waals surface area contributed by atoms with Gasteiger partial charge in [0.1, 0.15) is 5.75 Å². The van der Waals surface area contributed by atoms with E-state index in [2.05, 4.69) is 11.1 Å². The SMILES string of the molecule is O=C(COc1ccc(/C(=C\C2CCCC2)c2ccc(C3CC3)c(=O)[nH]2)cc1Cl)NS(=O)(=O)C(F)(F)F. The largest absolute Gasteiger partial charge is 0.516 e. The Morgan fingerprint density at radius 1 is 1.14 bits per heavy atom. The zero-order chi connectivity index (χ0) is 26.1. The minimum Gasteiger partial charge on any atom is -0.482 e. The fraction of sp³-hybridized carbons (Fsp3) is 0.417. The second kappa shape index (κ2) is 10.3. The Bertz CT molecular complexity index is 1340. The van der Waals surface area contributed by atoms with E-state index in [1.807, 2.05) is 12.1 Å². The predicted molar refractivity (Wildman–Crippen MR) is 128 cm³/mol. The third-order valence-corrected chi connectivity index (χ3v) is 7.61. The molecule has 0 unspecified atom stereocenters. The van der Waals surface area contributed by atoms with Gasteiger partial charge in [-0.3, -0.25) is 9.59 Å². The van der Waals surface area contributed by atoms with Crippen LogP contribution in [0.1, 0.15) is 61.3 Å². The average Bonchev–Trinajstić information content (AvgIpc) is 3.50. The summed E-state index contributed by atoms with van der Waals surface area (Å²) in [6, 6.07) is 8.37. The molecule has 2 fully saturated rings. The van der Waals surface area contributed by atoms with Crippen molar-refractivity contribution >= 4 is 33.1 Å². The number of ether oxygens (including phenoxy) is 1. The number of rotatable bonds is 8. The summed E-state index contributed by atoms with van der Waals surface area (Å²) in [5, 5.41) is 0.0632. The van der Waals surface area contributed by atoms with Crippen molar-refractivity contribution in [1.29, 1.82) is 0 Å². The smallest absolute Gasteiger partial charge is 0.482 e. The zero-order valence-electron chi connectivity index (χ0n) is 19.0. The molecule has 4 rings (SSSR count). The third kappa shape index (κ3) is 6.12. The van der Waals surface area contributed by atoms with Gasteiger partial charge >= 0.3 is 15.5 Å². The van der Waals surface area contributed by atoms with Crippen molar-refractivity contribution in [3.63, 3.8) is 0 Å². The Hall–Kier alpha value is -2.79. The molecule has 0 bridgehead atoms. The minimum atomic E-state index is -5.83. The number of carbonyl (C=O) groups is 1. The van der Waals surface area contributed by atoms with E-state index in [-0.39, 0.29) is 16.3 Å². The molecule has 7 nitrogen and oxygen atoms in total. The lowest BCUT2D eigenvalue weighted by atomic mass is 9.95. The van der Waals surface area contributed by atoms with Crippen molar-refractivity contribution in [3.05, 3.63) is 68.6 Å². The number of allylic oxidation sites excluding steroid dienone is 1. The number of sulfonamides is 1. The molecule has 2 saturated carbocycles. The number of alkyl halides is 3. The van der Waals surface area contributed by atoms with Crippen LogP contribution in [0, 0.1) is 5.92 Å². The van der Waals surface area contributed by atoms with E-state index in [9.17, 15) is 31.2 Å². The van der Waals surface area contributed by atoms with Crippen molar-refractivity contribution in [2.24, 2.45) is 5.92 Å². The molecule has 36 heavy (non-hydrogen) atoms. The minimum absolute atomic E-state index is 0.0160. The summed E-state index contributed by atoms with van der Waals surface area (Å²) in [6.45, 7) is -0.991. The Morgan fingerprint density at radius 2 is 1.83 bits per heavy atom. The van der Waals surface area contributed by atoms with E-state index in [0.29, 0.717) is 23.1 Å². The standard InChI is InChI=1S/C24H24ClF3N2O5S/c25-19-12-16(7-10-21(19)35-13-22(31)30-36(33,34)24(26,27)28)18(11-14-3-1-2-4-14)20-9-8-17(15-5-6-15)23(32)29-20/h7-12,14-15H,1-6,13H2,(H,29,32)(H,30,31)/b18-11+. The van der Waals surface area contributed by atoms with E-state index in [1.54, 1.807) is 12.1 Å². The monoisotopic (exact) mass is 544 g/mol. The number of halogens is 4. The van der Waals surface area contributed by atoms with Gasteiger partial charge in [-0.1, -0.05) is 42.7 Å². The van der Waals surface area contributed by atoms with Gasteiger partial charge in [-0.05, 0) is 61.3 Å². The molecule has 2 aliphatic rings. The first kappa shape index (κ1) is 26.3. The Labute approximate surface area is 210 Å². The normalized spacial score (nSPS) is 17.3. The first-order valence-corrected chi connectivity index (χ1v) is 13.3. The highest BCUT2D eigenvalue weighted by Gasteiger charge is 2.47. The maximum atomic E-state index is 12.6. The molecule has 2 N–H and O–H groups in total. The summed E-state index contributed by atoms with van der Waals surface area (Å²) < 4.78 is 65.4. The molecule has 1 amide bonds. The van der Waals surface area contributed by atoms with Crippen LogP contribution in [0.5, 0.6) is 5.75 Å². The number of hydrogen-bond donors (Lipinski definition) is 2. The van der Waals surface area contributed by atoms with Crippen molar-refractivity contribution in [2.45, 2.75) is 50.0 Å². The van der Waals surface area contributed by atoms with Gasteiger partial charge in [0.2, 0.25) is 0 Å². The fourth-order valence-electron chi connectivity index (χ4n) is 4.23. The van der Waals surface area contributed by atoms with Gasteiger partial charge in [0.25, 0.3) is 11.5 Å². The van der Waals surface area contributed by atoms with Crippen LogP contribution < -0.4 is 15.0 Å². The number of pyridine rings is 1. The second-order valence-electron chi connectivity index (χ2n) is 8.96. The maximum Gasteiger partial charge on any atom is 0.516 e. The summed E-state index contributed by atoms with van der Waals surface area (Å²) in [7, 11) is -5.83. The summed E-state index contributed by atoms with van der Waals surface area (Å²) in [5.74, 6) is -0.875. The maximum absolute atomic E-state index is 12.6. The molecule has 0 radical (unpaired) electrons. The number of carbonyl (C=O) groups excluding carboxylic acids is 1. The van der Waals surface area contributed by atoms with E-state index in [4.69, 9.17) is 16.3 Å². The second-order valence-corrected chi connectivity index (χ2v) is 11.0. The number of H-pyrrole nitrogens is 1. The van der Waals surface area contributed by atoms with Crippen molar-refractivity contribution in [3.8, 4) is 5.75 Å². The molecule has 1 aromatic carbocycles. The fourth-order valence-corrected chi connectivity index (χ4v) is 4.93. The lowest BCUT2D eigenvalue weighted by molar-refractivity contribution is -0.121. The molecule has 0 spiro atoms. The molecule has 0 atom stereocenters. The van der Waals surface area contributed by atoms with Crippen molar-refractivity contribution in [1.82, 2.24) is 9.71 Å². The van der Waals surface area contributed by atoms with Crippen LogP contribution in [0.4, 0.5) is 13.2 Å². The van der Waals surface area contributed by atoms with Crippen LogP contribution >= 0.6 is 11.6 Å². The number of amides is 1. The Balaban J connectivity index is 1.55. The van der Waals surface area contributed by atoms with Crippen LogP contribution in [0.3, 0.4) is 0 Å². The van der Waals surface area contributed by atoms with Gasteiger partial charge in [0.15, 0.2) is 6.61 Å². The van der Waals surface area contributed by atoms with Crippen LogP contribution in [0.2, 0.25) is 5.02 Å². The van der Waals surface area contributed by atoms with Gasteiger partial charge in [-0.2, -0.15) is 21.6 Å². The Kier molecular flexibility index (Phi) is 7.51. The molecule has 2 aromatic rings. The number of aromatic amines is 1. The van der Waals surface area contributed by atoms with Gasteiger partial charge < -0.3 is 9.72 Å². The molecule has 1 aromatic heterocycles. The highest BCUT2D eigenvalue weighted by Crippen LogP contribution is 2.39. The lowest BCUT2D eigenvalue weighted by Crippen LogP contribution is -2.42. The summed E-state index contributed by atoms with van der Waals surface area (Å²) >= 11 is 6.32. The lowest BCUT2D eigenvalue weighted by Gasteiger charge is -2.15. The van der Waals surface area contributed by atoms with E-state index >= 15 is 0 Å². The first-order chi connectivity index (χ1) is 16.9. The number of aromatic nitrogens is 1. The summed E-state index contributed by atoms with van der Waals surface area (Å²) in [6.07, 6.45) is 8.40. The van der Waals surface area contributed by atoms with Crippen molar-refractivity contribution in [2.75, 3.05) is 6.61 Å². The predicted octanol–water partition coefficient (Wildman–Crippen LogP) is 4.87. The molecule has 194 valence electrons. The van der Waals surface area contributed by atoms with Crippen molar-refractivity contribution < 1.29 is 31.1 Å². The molecule has 12 heteroatoms. The van der Waals surface area contributed by atoms with Gasteiger partial charge in [-0.25, -0.2) is 4.72 Å². The van der Waals surface area contributed by atoms with E-state index < -0.39 is 28.0 Å². The highest BCUT2D eigenvalue weighted by molar-refractivity contribution is 7.90. The Morgan fingerprint density at radius 3 is 2.42 bits per heavy atom. The topological polar surface area (TPSA) is 105 Å². The number of nitrogens with one attached hydrogen (secondary N) is 2. The molecule has 0 aliphatic heterocycles. The highest BCUT2D eigenvalue weighted by atomic mass is 35.5. The molecule has 0 saturated heterocycles. The van der Waals surface area contributed by atoms with E-state index in [0.717, 1.165) is 54.4 Å². The van der Waals surface area contributed by atoms with E-state index in [1.165, 1.54) is 6.07 Å². The zero-order valence-corrected chi connectivity index (χ0v) is 20.6. The number of benzene rings is 1. The van der Waals surface area contributed by atoms with Crippen LogP contribution in [0.15, 0.2) is 41.2 Å². The van der Waals surface area contributed by atoms with Gasteiger partial charge in [0, 0.05) is 16.8 Å². The van der Waals surface area contributed by atoms with Gasteiger partial charge in [-0.15, -0.1) is 0 Å².